The highest BCUT2D eigenvalue weighted by Crippen LogP contribution is 2.29. The molecule has 0 aliphatic rings. The molecule has 2 nitrogen and oxygen atoms in total. The summed E-state index contributed by atoms with van der Waals surface area (Å²) in [5.41, 5.74) is 3.41. The summed E-state index contributed by atoms with van der Waals surface area (Å²) in [5, 5.41) is 3.01. The van der Waals surface area contributed by atoms with E-state index in [-0.39, 0.29) is 5.91 Å². The third kappa shape index (κ3) is 4.34. The van der Waals surface area contributed by atoms with Gasteiger partial charge >= 0.3 is 0 Å². The molecule has 0 heterocycles. The van der Waals surface area contributed by atoms with Gasteiger partial charge in [-0.1, -0.05) is 55.8 Å². The minimum absolute atomic E-state index is 0.0216. The van der Waals surface area contributed by atoms with Gasteiger partial charge in [-0.05, 0) is 42.9 Å². The number of carbonyl (C=O) groups is 1. The second kappa shape index (κ2) is 6.08. The molecule has 0 atom stereocenters. The molecule has 0 radical (unpaired) electrons. The number of hydrogen-bond donors (Lipinski definition) is 1. The van der Waals surface area contributed by atoms with E-state index >= 15 is 0 Å². The topological polar surface area (TPSA) is 29.1 Å². The number of hydrogen-bond acceptors (Lipinski definition) is 1. The molecular weight excluding hydrogens is 302 g/mol. The molecule has 0 aliphatic heterocycles. The highest BCUT2D eigenvalue weighted by Gasteiger charge is 2.24. The van der Waals surface area contributed by atoms with Crippen molar-refractivity contribution in [2.45, 2.75) is 57.7 Å². The molecule has 0 saturated carbocycles. The SMILES string of the molecule is CC(C)c1ccc(NC(=O)C(C)(C)Br)c(C(C)C)c1. The quantitative estimate of drug-likeness (QED) is 0.771. The van der Waals surface area contributed by atoms with Gasteiger partial charge in [-0.3, -0.25) is 4.79 Å². The maximum Gasteiger partial charge on any atom is 0.240 e. The molecule has 0 aromatic heterocycles. The van der Waals surface area contributed by atoms with Gasteiger partial charge in [0.1, 0.15) is 0 Å². The fraction of sp³-hybridized carbons (Fsp3) is 0.562. The van der Waals surface area contributed by atoms with Gasteiger partial charge in [0.25, 0.3) is 0 Å². The molecule has 0 saturated heterocycles. The maximum atomic E-state index is 12.1. The van der Waals surface area contributed by atoms with Crippen LogP contribution in [0.3, 0.4) is 0 Å². The van der Waals surface area contributed by atoms with Crippen molar-refractivity contribution in [2.24, 2.45) is 0 Å². The molecule has 19 heavy (non-hydrogen) atoms. The van der Waals surface area contributed by atoms with Crippen molar-refractivity contribution in [3.05, 3.63) is 29.3 Å². The van der Waals surface area contributed by atoms with Crippen molar-refractivity contribution in [3.63, 3.8) is 0 Å². The highest BCUT2D eigenvalue weighted by molar-refractivity contribution is 9.10. The molecule has 1 aromatic carbocycles. The van der Waals surface area contributed by atoms with Crippen LogP contribution in [0.2, 0.25) is 0 Å². The molecule has 0 spiro atoms. The third-order valence-corrected chi connectivity index (χ3v) is 3.51. The summed E-state index contributed by atoms with van der Waals surface area (Å²) in [7, 11) is 0. The number of benzene rings is 1. The standard InChI is InChI=1S/C16H24BrNO/c1-10(2)12-7-8-14(13(9-12)11(3)4)18-15(19)16(5,6)17/h7-11H,1-6H3,(H,18,19). The monoisotopic (exact) mass is 325 g/mol. The molecule has 1 aromatic rings. The van der Waals surface area contributed by atoms with Crippen LogP contribution in [0.15, 0.2) is 18.2 Å². The molecule has 1 N–H and O–H groups in total. The number of anilines is 1. The Morgan fingerprint density at radius 1 is 1.16 bits per heavy atom. The summed E-state index contributed by atoms with van der Waals surface area (Å²) in [6.07, 6.45) is 0. The molecule has 1 amide bonds. The van der Waals surface area contributed by atoms with Crippen LogP contribution in [0.1, 0.15) is 64.5 Å². The van der Waals surface area contributed by atoms with E-state index in [0.717, 1.165) is 5.69 Å². The van der Waals surface area contributed by atoms with Gasteiger partial charge < -0.3 is 5.32 Å². The smallest absolute Gasteiger partial charge is 0.240 e. The number of rotatable bonds is 4. The zero-order chi connectivity index (χ0) is 14.8. The number of nitrogens with one attached hydrogen (secondary N) is 1. The Morgan fingerprint density at radius 2 is 1.74 bits per heavy atom. The zero-order valence-corrected chi connectivity index (χ0v) is 14.3. The van der Waals surface area contributed by atoms with E-state index in [1.54, 1.807) is 0 Å². The van der Waals surface area contributed by atoms with Crippen LogP contribution < -0.4 is 5.32 Å². The summed E-state index contributed by atoms with van der Waals surface area (Å²) in [4.78, 5) is 12.1. The van der Waals surface area contributed by atoms with Gasteiger partial charge in [-0.2, -0.15) is 0 Å². The van der Waals surface area contributed by atoms with Gasteiger partial charge in [0.15, 0.2) is 0 Å². The van der Waals surface area contributed by atoms with Crippen molar-refractivity contribution < 1.29 is 4.79 Å². The molecule has 3 heteroatoms. The van der Waals surface area contributed by atoms with Crippen LogP contribution in [0.4, 0.5) is 5.69 Å². The Morgan fingerprint density at radius 3 is 2.16 bits per heavy atom. The van der Waals surface area contributed by atoms with E-state index in [4.69, 9.17) is 0 Å². The molecule has 0 unspecified atom stereocenters. The van der Waals surface area contributed by atoms with E-state index in [9.17, 15) is 4.79 Å². The number of halogens is 1. The fourth-order valence-corrected chi connectivity index (χ4v) is 1.90. The lowest BCUT2D eigenvalue weighted by molar-refractivity contribution is -0.117. The van der Waals surface area contributed by atoms with Gasteiger partial charge in [0.2, 0.25) is 5.91 Å². The Bertz CT molecular complexity index is 458. The first-order valence-electron chi connectivity index (χ1n) is 6.77. The zero-order valence-electron chi connectivity index (χ0n) is 12.7. The molecule has 0 aliphatic carbocycles. The van der Waals surface area contributed by atoms with E-state index in [2.05, 4.69) is 61.1 Å². The van der Waals surface area contributed by atoms with Gasteiger partial charge in [0, 0.05) is 5.69 Å². The molecular formula is C16H24BrNO. The van der Waals surface area contributed by atoms with E-state index < -0.39 is 4.32 Å². The van der Waals surface area contributed by atoms with E-state index in [0.29, 0.717) is 11.8 Å². The van der Waals surface area contributed by atoms with E-state index in [1.165, 1.54) is 11.1 Å². The van der Waals surface area contributed by atoms with Gasteiger partial charge in [-0.15, -0.1) is 0 Å². The van der Waals surface area contributed by atoms with Crippen molar-refractivity contribution in [3.8, 4) is 0 Å². The normalized spacial score (nSPS) is 12.1. The molecule has 0 bridgehead atoms. The summed E-state index contributed by atoms with van der Waals surface area (Å²) in [6, 6.07) is 6.31. The minimum Gasteiger partial charge on any atom is -0.325 e. The molecule has 0 fully saturated rings. The third-order valence-electron chi connectivity index (χ3n) is 3.15. The van der Waals surface area contributed by atoms with Crippen molar-refractivity contribution >= 4 is 27.5 Å². The second-order valence-electron chi connectivity index (χ2n) is 6.08. The predicted molar refractivity (Wildman–Crippen MR) is 86.3 cm³/mol. The second-order valence-corrected chi connectivity index (χ2v) is 8.07. The number of carbonyl (C=O) groups excluding carboxylic acids is 1. The minimum atomic E-state index is -0.558. The molecule has 106 valence electrons. The fourth-order valence-electron chi connectivity index (χ4n) is 1.80. The summed E-state index contributed by atoms with van der Waals surface area (Å²) in [6.45, 7) is 12.3. The van der Waals surface area contributed by atoms with Gasteiger partial charge in [0.05, 0.1) is 4.32 Å². The largest absolute Gasteiger partial charge is 0.325 e. The average molecular weight is 326 g/mol. The summed E-state index contributed by atoms with van der Waals surface area (Å²) >= 11 is 3.39. The average Bonchev–Trinajstić information content (AvgIpc) is 2.27. The van der Waals surface area contributed by atoms with Gasteiger partial charge in [-0.25, -0.2) is 0 Å². The van der Waals surface area contributed by atoms with Crippen molar-refractivity contribution in [1.29, 1.82) is 0 Å². The first-order chi connectivity index (χ1) is 8.62. The first-order valence-corrected chi connectivity index (χ1v) is 7.56. The summed E-state index contributed by atoms with van der Waals surface area (Å²) in [5.74, 6) is 0.856. The van der Waals surface area contributed by atoms with Crippen LogP contribution in [-0.2, 0) is 4.79 Å². The van der Waals surface area contributed by atoms with Crippen LogP contribution in [0, 0.1) is 0 Å². The van der Waals surface area contributed by atoms with Crippen molar-refractivity contribution in [2.75, 3.05) is 5.32 Å². The van der Waals surface area contributed by atoms with Crippen LogP contribution in [0.25, 0.3) is 0 Å². The van der Waals surface area contributed by atoms with E-state index in [1.807, 2.05) is 19.9 Å². The Labute approximate surface area is 125 Å². The lowest BCUT2D eigenvalue weighted by atomic mass is 9.94. The Kier molecular flexibility index (Phi) is 5.19. The Hall–Kier alpha value is -0.830. The van der Waals surface area contributed by atoms with Crippen molar-refractivity contribution in [1.82, 2.24) is 0 Å². The van der Waals surface area contributed by atoms with Crippen LogP contribution in [-0.4, -0.2) is 10.2 Å². The predicted octanol–water partition coefficient (Wildman–Crippen LogP) is 5.05. The van der Waals surface area contributed by atoms with Crippen LogP contribution >= 0.6 is 15.9 Å². The highest BCUT2D eigenvalue weighted by atomic mass is 79.9. The Balaban J connectivity index is 3.11. The van der Waals surface area contributed by atoms with Crippen LogP contribution in [0.5, 0.6) is 0 Å². The number of amides is 1. The lowest BCUT2D eigenvalue weighted by Crippen LogP contribution is -2.31. The lowest BCUT2D eigenvalue weighted by Gasteiger charge is -2.20. The molecule has 1 rings (SSSR count). The maximum absolute atomic E-state index is 12.1. The first kappa shape index (κ1) is 16.2. The summed E-state index contributed by atoms with van der Waals surface area (Å²) < 4.78 is -0.558. The number of alkyl halides is 1.